The molecule has 5 atom stereocenters. The minimum atomic E-state index is -4.95. The molecule has 15 heteroatoms. The first kappa shape index (κ1) is 18.3. The number of anilines is 1. The molecule has 2 aromatic heterocycles. The highest BCUT2D eigenvalue weighted by Gasteiger charge is 2.45. The maximum atomic E-state index is 11.2. The number of nitrogens with zero attached hydrogens (tertiary/aromatic N) is 4. The molecule has 0 radical (unpaired) electrons. The van der Waals surface area contributed by atoms with Crippen molar-refractivity contribution in [2.24, 2.45) is 0 Å². The van der Waals surface area contributed by atoms with Gasteiger partial charge >= 0.3 is 6.80 Å². The van der Waals surface area contributed by atoms with Gasteiger partial charge in [-0.15, -0.1) is 0 Å². The molecule has 1 saturated heterocycles. The summed E-state index contributed by atoms with van der Waals surface area (Å²) in [7, 11) is -2.90. The topological polar surface area (TPSA) is 203 Å². The van der Waals surface area contributed by atoms with Crippen molar-refractivity contribution in [3.8, 4) is 0 Å². The second-order valence-electron chi connectivity index (χ2n) is 5.12. The molecule has 0 aliphatic carbocycles. The highest BCUT2D eigenvalue weighted by atomic mass is 32.8. The average molecular weight is 395 g/mol. The minimum Gasteiger partial charge on any atom is -0.387 e. The largest absolute Gasteiger partial charge is 0.439 e. The van der Waals surface area contributed by atoms with Gasteiger partial charge in [0.15, 0.2) is 17.7 Å². The van der Waals surface area contributed by atoms with Gasteiger partial charge in [-0.1, -0.05) is 0 Å². The van der Waals surface area contributed by atoms with Crippen molar-refractivity contribution < 1.29 is 37.7 Å². The number of imidazole rings is 1. The number of aliphatic hydroxyl groups is 2. The van der Waals surface area contributed by atoms with Crippen LogP contribution in [0.4, 0.5) is 5.82 Å². The van der Waals surface area contributed by atoms with Crippen LogP contribution in [0.5, 0.6) is 0 Å². The molecule has 0 saturated carbocycles. The lowest BCUT2D eigenvalue weighted by Crippen LogP contribution is -2.34. The zero-order chi connectivity index (χ0) is 18.4. The molecule has 1 unspecified atom stereocenters. The van der Waals surface area contributed by atoms with E-state index in [1.54, 1.807) is 0 Å². The number of ether oxygens (including phenoxy) is 1. The Bertz CT molecular complexity index is 857. The first-order valence-electron chi connectivity index (χ1n) is 6.76. The van der Waals surface area contributed by atoms with Gasteiger partial charge in [-0.05, 0) is 0 Å². The third-order valence-corrected chi connectivity index (χ3v) is 5.73. The Morgan fingerprint density at radius 2 is 2.04 bits per heavy atom. The molecular weight excluding hydrogens is 381 g/mol. The normalized spacial score (nSPS) is 28.5. The van der Waals surface area contributed by atoms with Gasteiger partial charge in [-0.3, -0.25) is 8.75 Å². The monoisotopic (exact) mass is 395 g/mol. The van der Waals surface area contributed by atoms with Crippen molar-refractivity contribution in [2.45, 2.75) is 24.5 Å². The maximum absolute atomic E-state index is 11.2. The van der Waals surface area contributed by atoms with E-state index in [9.17, 15) is 19.0 Å². The number of rotatable bonds is 5. The predicted molar refractivity (Wildman–Crippen MR) is 81.8 cm³/mol. The maximum Gasteiger partial charge on any atom is 0.439 e. The van der Waals surface area contributed by atoms with Gasteiger partial charge in [-0.2, -0.15) is 0 Å². The van der Waals surface area contributed by atoms with E-state index in [4.69, 9.17) is 20.3 Å². The standard InChI is InChI=1S/C10H14N5O8PS/c11-8-5-9(13-2-12-8)15(3-14-5)10-7(17)6(16)4(23-10)1-22-25(21)24(18,19)20/h2-4,6-7,10,16-17H,1H2,(H2,11,12,13)(H2,18,19,20)/t4-,6-,7-,10-,25?/m1/s1. The molecule has 0 aromatic carbocycles. The van der Waals surface area contributed by atoms with E-state index in [2.05, 4.69) is 19.1 Å². The summed E-state index contributed by atoms with van der Waals surface area (Å²) >= 11 is 0. The van der Waals surface area contributed by atoms with E-state index in [1.807, 2.05) is 0 Å². The summed E-state index contributed by atoms with van der Waals surface area (Å²) in [5, 5.41) is 20.2. The third kappa shape index (κ3) is 3.43. The summed E-state index contributed by atoms with van der Waals surface area (Å²) in [6.45, 7) is -5.56. The van der Waals surface area contributed by atoms with Crippen LogP contribution in [0.2, 0.25) is 0 Å². The highest BCUT2D eigenvalue weighted by molar-refractivity contribution is 8.42. The van der Waals surface area contributed by atoms with Crippen molar-refractivity contribution in [3.63, 3.8) is 0 Å². The molecule has 1 aliphatic heterocycles. The fourth-order valence-electron chi connectivity index (χ4n) is 2.35. The average Bonchev–Trinajstić information content (AvgIpc) is 3.08. The van der Waals surface area contributed by atoms with Gasteiger partial charge in [0.25, 0.3) is 10.7 Å². The molecule has 1 fully saturated rings. The Labute approximate surface area is 142 Å². The summed E-state index contributed by atoms with van der Waals surface area (Å²) < 4.78 is 33.3. The fourth-order valence-corrected chi connectivity index (χ4v) is 3.33. The van der Waals surface area contributed by atoms with Gasteiger partial charge in [-0.25, -0.2) is 23.7 Å². The summed E-state index contributed by atoms with van der Waals surface area (Å²) in [6.07, 6.45) is -2.72. The lowest BCUT2D eigenvalue weighted by Gasteiger charge is -2.16. The van der Waals surface area contributed by atoms with Gasteiger partial charge in [0.1, 0.15) is 30.2 Å². The quantitative estimate of drug-likeness (QED) is 0.342. The molecule has 3 heterocycles. The summed E-state index contributed by atoms with van der Waals surface area (Å²) in [5.74, 6) is 0.119. The zero-order valence-electron chi connectivity index (χ0n) is 12.3. The number of fused-ring (bicyclic) bond motifs is 1. The van der Waals surface area contributed by atoms with Gasteiger partial charge < -0.3 is 30.5 Å². The van der Waals surface area contributed by atoms with E-state index < -0.39 is 48.6 Å². The van der Waals surface area contributed by atoms with Crippen LogP contribution >= 0.6 is 6.80 Å². The molecule has 1 aliphatic rings. The molecule has 0 amide bonds. The molecule has 0 spiro atoms. The second-order valence-corrected chi connectivity index (χ2v) is 9.09. The molecule has 25 heavy (non-hydrogen) atoms. The van der Waals surface area contributed by atoms with Crippen molar-refractivity contribution in [1.29, 1.82) is 0 Å². The zero-order valence-corrected chi connectivity index (χ0v) is 14.0. The van der Waals surface area contributed by atoms with Gasteiger partial charge in [0.2, 0.25) is 0 Å². The minimum absolute atomic E-state index is 0.119. The first-order valence-corrected chi connectivity index (χ1v) is 10.0. The Morgan fingerprint density at radius 3 is 2.72 bits per heavy atom. The molecule has 2 aromatic rings. The van der Waals surface area contributed by atoms with E-state index in [0.717, 1.165) is 0 Å². The molecule has 138 valence electrons. The van der Waals surface area contributed by atoms with Gasteiger partial charge in [0.05, 0.1) is 12.9 Å². The SMILES string of the molecule is Nc1ncnc2c1ncn2[C@@H]1O[C@H](COS(=O)P(=O)(O)O)[C@@H](O)[C@H]1O. The van der Waals surface area contributed by atoms with E-state index >= 15 is 0 Å². The van der Waals surface area contributed by atoms with Crippen LogP contribution in [-0.2, 0) is 24.2 Å². The first-order chi connectivity index (χ1) is 11.7. The van der Waals surface area contributed by atoms with Crippen LogP contribution in [-0.4, -0.2) is 68.6 Å². The van der Waals surface area contributed by atoms with Crippen LogP contribution in [0.1, 0.15) is 6.23 Å². The van der Waals surface area contributed by atoms with Crippen LogP contribution in [0.25, 0.3) is 11.2 Å². The lowest BCUT2D eigenvalue weighted by atomic mass is 10.1. The molecule has 3 rings (SSSR count). The molecule has 13 nitrogen and oxygen atoms in total. The number of hydrogen-bond donors (Lipinski definition) is 5. The summed E-state index contributed by atoms with van der Waals surface area (Å²) in [4.78, 5) is 29.2. The van der Waals surface area contributed by atoms with E-state index in [0.29, 0.717) is 0 Å². The van der Waals surface area contributed by atoms with Crippen LogP contribution in [0.3, 0.4) is 0 Å². The van der Waals surface area contributed by atoms with Crippen LogP contribution in [0.15, 0.2) is 12.7 Å². The molecular formula is C10H14N5O8PS. The van der Waals surface area contributed by atoms with E-state index in [1.165, 1.54) is 17.2 Å². The Balaban J connectivity index is 1.79. The highest BCUT2D eigenvalue weighted by Crippen LogP contribution is 2.41. The smallest absolute Gasteiger partial charge is 0.387 e. The van der Waals surface area contributed by atoms with Crippen molar-refractivity contribution in [3.05, 3.63) is 12.7 Å². The number of nitrogens with two attached hydrogens (primary N) is 1. The number of nitrogen functional groups attached to an aromatic ring is 1. The second kappa shape index (κ2) is 6.66. The number of aromatic nitrogens is 4. The van der Waals surface area contributed by atoms with Gasteiger partial charge in [0, 0.05) is 0 Å². The molecule has 0 bridgehead atoms. The Hall–Kier alpha value is -1.51. The number of aliphatic hydroxyl groups excluding tert-OH is 2. The lowest BCUT2D eigenvalue weighted by molar-refractivity contribution is -0.0459. The molecule has 6 N–H and O–H groups in total. The van der Waals surface area contributed by atoms with Crippen molar-refractivity contribution >= 4 is 34.5 Å². The van der Waals surface area contributed by atoms with Crippen LogP contribution in [0, 0.1) is 0 Å². The fraction of sp³-hybridized carbons (Fsp3) is 0.500. The summed E-state index contributed by atoms with van der Waals surface area (Å²) in [6, 6.07) is 0. The predicted octanol–water partition coefficient (Wildman–Crippen LogP) is -2.20. The van der Waals surface area contributed by atoms with Crippen molar-refractivity contribution in [1.82, 2.24) is 19.5 Å². The number of hydrogen-bond acceptors (Lipinski definition) is 10. The Morgan fingerprint density at radius 1 is 1.32 bits per heavy atom. The Kier molecular flexibility index (Phi) is 4.87. The third-order valence-electron chi connectivity index (χ3n) is 3.53. The van der Waals surface area contributed by atoms with Crippen LogP contribution < -0.4 is 5.73 Å². The summed E-state index contributed by atoms with van der Waals surface area (Å²) in [5.41, 5.74) is 6.20. The van der Waals surface area contributed by atoms with E-state index in [-0.39, 0.29) is 17.0 Å². The van der Waals surface area contributed by atoms with Crippen molar-refractivity contribution in [2.75, 3.05) is 12.3 Å².